The summed E-state index contributed by atoms with van der Waals surface area (Å²) in [5.41, 5.74) is 6.07. The van der Waals surface area contributed by atoms with Crippen LogP contribution >= 0.6 is 15.9 Å². The summed E-state index contributed by atoms with van der Waals surface area (Å²) in [6, 6.07) is 28.6. The van der Waals surface area contributed by atoms with Crippen molar-refractivity contribution >= 4 is 32.9 Å². The number of hydrogen-bond acceptors (Lipinski definition) is 1. The first-order valence-corrected chi connectivity index (χ1v) is 9.25. The molecule has 0 aromatic heterocycles. The molecule has 0 saturated carbocycles. The second kappa shape index (κ2) is 8.59. The van der Waals surface area contributed by atoms with E-state index in [1.54, 1.807) is 0 Å². The molecule has 3 aromatic carbocycles. The quantitative estimate of drug-likeness (QED) is 0.407. The lowest BCUT2D eigenvalue weighted by molar-refractivity contribution is 1.49. The molecule has 0 unspecified atom stereocenters. The highest BCUT2D eigenvalue weighted by Crippen LogP contribution is 2.21. The van der Waals surface area contributed by atoms with Gasteiger partial charge in [-0.25, -0.2) is 4.99 Å². The number of benzene rings is 3. The van der Waals surface area contributed by atoms with Crippen molar-refractivity contribution in [1.29, 1.82) is 0 Å². The lowest BCUT2D eigenvalue weighted by atomic mass is 10.0. The number of nitrogens with zero attached hydrogens (tertiary/aromatic N) is 1. The zero-order valence-corrected chi connectivity index (χ0v) is 16.3. The highest BCUT2D eigenvalue weighted by molar-refractivity contribution is 9.10. The molecule has 0 aliphatic carbocycles. The Morgan fingerprint density at radius 1 is 0.769 bits per heavy atom. The molecule has 128 valence electrons. The molecule has 0 aliphatic rings. The molecule has 0 amide bonds. The van der Waals surface area contributed by atoms with Gasteiger partial charge in [0.25, 0.3) is 0 Å². The van der Waals surface area contributed by atoms with Gasteiger partial charge in [0.15, 0.2) is 0 Å². The second-order valence-electron chi connectivity index (χ2n) is 6.01. The SMILES string of the molecule is C=C(/N=C(\C=C(/C)c1ccc(Br)cc1)c1ccccc1)c1ccccc1. The van der Waals surface area contributed by atoms with Gasteiger partial charge >= 0.3 is 0 Å². The van der Waals surface area contributed by atoms with Crippen LogP contribution in [-0.2, 0) is 0 Å². The van der Waals surface area contributed by atoms with Crippen molar-refractivity contribution < 1.29 is 0 Å². The van der Waals surface area contributed by atoms with Gasteiger partial charge in [-0.3, -0.25) is 0 Å². The van der Waals surface area contributed by atoms with Crippen LogP contribution in [0.3, 0.4) is 0 Å². The zero-order valence-electron chi connectivity index (χ0n) is 14.7. The van der Waals surface area contributed by atoms with Gasteiger partial charge in [-0.15, -0.1) is 0 Å². The van der Waals surface area contributed by atoms with E-state index in [1.807, 2.05) is 48.5 Å². The summed E-state index contributed by atoms with van der Waals surface area (Å²) in [7, 11) is 0. The largest absolute Gasteiger partial charge is 0.248 e. The number of allylic oxidation sites excluding steroid dienone is 2. The topological polar surface area (TPSA) is 12.4 Å². The molecular weight excluding hydrogens is 382 g/mol. The highest BCUT2D eigenvalue weighted by Gasteiger charge is 2.05. The van der Waals surface area contributed by atoms with Crippen molar-refractivity contribution in [3.63, 3.8) is 0 Å². The number of halogens is 1. The van der Waals surface area contributed by atoms with Crippen LogP contribution in [0.4, 0.5) is 0 Å². The van der Waals surface area contributed by atoms with E-state index in [4.69, 9.17) is 4.99 Å². The van der Waals surface area contributed by atoms with E-state index in [0.717, 1.165) is 32.6 Å². The van der Waals surface area contributed by atoms with E-state index >= 15 is 0 Å². The maximum Gasteiger partial charge on any atom is 0.0712 e. The number of aliphatic imine (C=N–C) groups is 1. The van der Waals surface area contributed by atoms with Crippen LogP contribution in [-0.4, -0.2) is 5.71 Å². The summed E-state index contributed by atoms with van der Waals surface area (Å²) in [5, 5.41) is 0. The van der Waals surface area contributed by atoms with Gasteiger partial charge in [0.1, 0.15) is 0 Å². The fraction of sp³-hybridized carbons (Fsp3) is 0.0417. The lowest BCUT2D eigenvalue weighted by Gasteiger charge is -2.08. The second-order valence-corrected chi connectivity index (χ2v) is 6.93. The number of hydrogen-bond donors (Lipinski definition) is 0. The fourth-order valence-electron chi connectivity index (χ4n) is 2.63. The predicted octanol–water partition coefficient (Wildman–Crippen LogP) is 7.01. The lowest BCUT2D eigenvalue weighted by Crippen LogP contribution is -1.99. The van der Waals surface area contributed by atoms with Crippen molar-refractivity contribution in [2.45, 2.75) is 6.92 Å². The van der Waals surface area contributed by atoms with Gasteiger partial charge in [-0.05, 0) is 41.8 Å². The molecule has 26 heavy (non-hydrogen) atoms. The van der Waals surface area contributed by atoms with Gasteiger partial charge in [0.05, 0.1) is 11.4 Å². The van der Waals surface area contributed by atoms with E-state index in [-0.39, 0.29) is 0 Å². The molecule has 0 aliphatic heterocycles. The average molecular weight is 402 g/mol. The van der Waals surface area contributed by atoms with Crippen LogP contribution < -0.4 is 0 Å². The normalized spacial score (nSPS) is 12.1. The van der Waals surface area contributed by atoms with E-state index in [0.29, 0.717) is 0 Å². The Morgan fingerprint density at radius 3 is 1.88 bits per heavy atom. The monoisotopic (exact) mass is 401 g/mol. The molecule has 0 atom stereocenters. The minimum absolute atomic E-state index is 0.754. The summed E-state index contributed by atoms with van der Waals surface area (Å²) < 4.78 is 1.07. The van der Waals surface area contributed by atoms with Crippen molar-refractivity contribution in [1.82, 2.24) is 0 Å². The van der Waals surface area contributed by atoms with Gasteiger partial charge < -0.3 is 0 Å². The van der Waals surface area contributed by atoms with Crippen molar-refractivity contribution in [3.8, 4) is 0 Å². The van der Waals surface area contributed by atoms with Gasteiger partial charge in [-0.1, -0.05) is 95.3 Å². The van der Waals surface area contributed by atoms with Crippen molar-refractivity contribution in [2.24, 2.45) is 4.99 Å². The molecule has 0 fully saturated rings. The fourth-order valence-corrected chi connectivity index (χ4v) is 2.90. The van der Waals surface area contributed by atoms with E-state index in [9.17, 15) is 0 Å². The molecule has 0 saturated heterocycles. The Labute approximate surface area is 163 Å². The molecule has 0 spiro atoms. The third-order valence-electron chi connectivity index (χ3n) is 4.08. The van der Waals surface area contributed by atoms with E-state index in [1.165, 1.54) is 5.56 Å². The number of rotatable bonds is 5. The molecule has 3 aromatic rings. The maximum atomic E-state index is 4.84. The van der Waals surface area contributed by atoms with Crippen molar-refractivity contribution in [3.05, 3.63) is 119 Å². The van der Waals surface area contributed by atoms with E-state index in [2.05, 4.69) is 71.9 Å². The average Bonchev–Trinajstić information content (AvgIpc) is 2.69. The third-order valence-corrected chi connectivity index (χ3v) is 4.61. The van der Waals surface area contributed by atoms with Crippen LogP contribution in [0.1, 0.15) is 23.6 Å². The summed E-state index contributed by atoms with van der Waals surface area (Å²) in [4.78, 5) is 4.84. The summed E-state index contributed by atoms with van der Waals surface area (Å²) in [5.74, 6) is 0. The molecule has 0 radical (unpaired) electrons. The Morgan fingerprint density at radius 2 is 1.31 bits per heavy atom. The molecule has 2 heteroatoms. The van der Waals surface area contributed by atoms with Crippen LogP contribution in [0.5, 0.6) is 0 Å². The first-order valence-electron chi connectivity index (χ1n) is 8.46. The Bertz CT molecular complexity index is 937. The van der Waals surface area contributed by atoms with E-state index < -0.39 is 0 Å². The standard InChI is InChI=1S/C24H20BrN/c1-18(20-13-15-23(25)16-14-20)17-24(22-11-7-4-8-12-22)26-19(2)21-9-5-3-6-10-21/h3-17H,2H2,1H3/b18-17+,26-24+. The highest BCUT2D eigenvalue weighted by atomic mass is 79.9. The first kappa shape index (κ1) is 18.1. The van der Waals surface area contributed by atoms with Gasteiger partial charge in [0.2, 0.25) is 0 Å². The maximum absolute atomic E-state index is 4.84. The van der Waals surface area contributed by atoms with Crippen molar-refractivity contribution in [2.75, 3.05) is 0 Å². The Balaban J connectivity index is 2.01. The molecule has 3 rings (SSSR count). The Kier molecular flexibility index (Phi) is 5.98. The zero-order chi connectivity index (χ0) is 18.4. The predicted molar refractivity (Wildman–Crippen MR) is 116 cm³/mol. The van der Waals surface area contributed by atoms with Crippen LogP contribution in [0.2, 0.25) is 0 Å². The smallest absolute Gasteiger partial charge is 0.0712 e. The minimum Gasteiger partial charge on any atom is -0.248 e. The minimum atomic E-state index is 0.754. The first-order chi connectivity index (χ1) is 12.6. The summed E-state index contributed by atoms with van der Waals surface area (Å²) in [6.07, 6.45) is 2.12. The Hall–Kier alpha value is -2.71. The summed E-state index contributed by atoms with van der Waals surface area (Å²) >= 11 is 3.49. The van der Waals surface area contributed by atoms with Crippen LogP contribution in [0, 0.1) is 0 Å². The molecule has 0 N–H and O–H groups in total. The van der Waals surface area contributed by atoms with Gasteiger partial charge in [-0.2, -0.15) is 0 Å². The molecule has 0 heterocycles. The summed E-state index contributed by atoms with van der Waals surface area (Å²) in [6.45, 7) is 6.26. The molecule has 1 nitrogen and oxygen atoms in total. The van der Waals surface area contributed by atoms with Crippen LogP contribution in [0.15, 0.2) is 107 Å². The van der Waals surface area contributed by atoms with Gasteiger partial charge in [0, 0.05) is 10.0 Å². The third kappa shape index (κ3) is 4.68. The molecule has 0 bridgehead atoms. The molecular formula is C24H20BrN. The van der Waals surface area contributed by atoms with Crippen LogP contribution in [0.25, 0.3) is 11.3 Å².